The average Bonchev–Trinajstić information content (AvgIpc) is 3.41. The molecule has 1 amide bonds. The smallest absolute Gasteiger partial charge is 0.250 e. The van der Waals surface area contributed by atoms with E-state index in [1.165, 1.54) is 17.3 Å². The van der Waals surface area contributed by atoms with Crippen LogP contribution in [0.1, 0.15) is 16.7 Å². The van der Waals surface area contributed by atoms with Crippen molar-refractivity contribution < 1.29 is 9.53 Å². The van der Waals surface area contributed by atoms with E-state index in [0.717, 1.165) is 34.0 Å². The Bertz CT molecular complexity index is 1550. The summed E-state index contributed by atoms with van der Waals surface area (Å²) in [6, 6.07) is 35.5. The number of rotatable bonds is 10. The van der Waals surface area contributed by atoms with Gasteiger partial charge in [0.2, 0.25) is 0 Å². The maximum Gasteiger partial charge on any atom is 0.250 e. The van der Waals surface area contributed by atoms with Crippen molar-refractivity contribution in [1.29, 1.82) is 0 Å². The highest BCUT2D eigenvalue weighted by Gasteiger charge is 2.17. The lowest BCUT2D eigenvalue weighted by Gasteiger charge is -2.10. The number of aryl methyl sites for hydroxylation is 1. The van der Waals surface area contributed by atoms with Crippen LogP contribution in [0.5, 0.6) is 5.75 Å². The van der Waals surface area contributed by atoms with E-state index in [2.05, 4.69) is 20.7 Å². The zero-order valence-electron chi connectivity index (χ0n) is 21.4. The lowest BCUT2D eigenvalue weighted by molar-refractivity contribution is -0.118. The zero-order valence-corrected chi connectivity index (χ0v) is 22.2. The van der Waals surface area contributed by atoms with Gasteiger partial charge in [0, 0.05) is 11.3 Å². The second-order valence-electron chi connectivity index (χ2n) is 8.77. The Labute approximate surface area is 231 Å². The third-order valence-corrected chi connectivity index (χ3v) is 6.73. The van der Waals surface area contributed by atoms with E-state index >= 15 is 0 Å². The largest absolute Gasteiger partial charge is 0.489 e. The van der Waals surface area contributed by atoms with Crippen LogP contribution < -0.4 is 10.2 Å². The first-order valence-corrected chi connectivity index (χ1v) is 13.4. The van der Waals surface area contributed by atoms with Gasteiger partial charge in [0.05, 0.1) is 12.0 Å². The maximum absolute atomic E-state index is 12.6. The second kappa shape index (κ2) is 12.7. The number of carbonyl (C=O) groups excluding carboxylic acids is 1. The number of benzene rings is 4. The van der Waals surface area contributed by atoms with Crippen molar-refractivity contribution in [2.75, 3.05) is 5.75 Å². The Hall–Kier alpha value is -4.69. The van der Waals surface area contributed by atoms with Crippen LogP contribution in [-0.2, 0) is 11.4 Å². The van der Waals surface area contributed by atoms with Crippen molar-refractivity contribution in [3.63, 3.8) is 0 Å². The molecular weight excluding hydrogens is 506 g/mol. The van der Waals surface area contributed by atoms with E-state index in [1.54, 1.807) is 6.21 Å². The molecule has 0 saturated heterocycles. The summed E-state index contributed by atoms with van der Waals surface area (Å²) in [7, 11) is 0. The number of hydrogen-bond donors (Lipinski definition) is 1. The molecule has 0 bridgehead atoms. The van der Waals surface area contributed by atoms with Gasteiger partial charge in [-0.05, 0) is 42.3 Å². The number of amides is 1. The summed E-state index contributed by atoms with van der Waals surface area (Å²) in [5, 5.41) is 13.6. The van der Waals surface area contributed by atoms with Crippen molar-refractivity contribution in [1.82, 2.24) is 20.2 Å². The van der Waals surface area contributed by atoms with Gasteiger partial charge in [0.15, 0.2) is 11.0 Å². The molecule has 5 rings (SSSR count). The molecule has 1 aromatic heterocycles. The number of para-hydroxylation sites is 1. The third kappa shape index (κ3) is 7.00. The quantitative estimate of drug-likeness (QED) is 0.134. The van der Waals surface area contributed by atoms with Crippen molar-refractivity contribution in [2.45, 2.75) is 18.7 Å². The molecule has 39 heavy (non-hydrogen) atoms. The minimum atomic E-state index is -0.243. The second-order valence-corrected chi connectivity index (χ2v) is 9.71. The third-order valence-electron chi connectivity index (χ3n) is 5.80. The first-order chi connectivity index (χ1) is 19.2. The Morgan fingerprint density at radius 1 is 0.923 bits per heavy atom. The molecule has 0 unspecified atom stereocenters. The van der Waals surface area contributed by atoms with Gasteiger partial charge in [-0.15, -0.1) is 10.2 Å². The van der Waals surface area contributed by atoms with Gasteiger partial charge in [-0.1, -0.05) is 102 Å². The summed E-state index contributed by atoms with van der Waals surface area (Å²) in [5.41, 5.74) is 7.55. The van der Waals surface area contributed by atoms with Crippen LogP contribution in [0.15, 0.2) is 119 Å². The van der Waals surface area contributed by atoms with Crippen LogP contribution in [-0.4, -0.2) is 32.6 Å². The summed E-state index contributed by atoms with van der Waals surface area (Å²) in [5.74, 6) is 1.34. The molecule has 0 fully saturated rings. The van der Waals surface area contributed by atoms with Crippen LogP contribution in [0.4, 0.5) is 0 Å². The molecule has 0 radical (unpaired) electrons. The van der Waals surface area contributed by atoms with Crippen molar-refractivity contribution in [3.8, 4) is 22.8 Å². The van der Waals surface area contributed by atoms with Crippen LogP contribution in [0.25, 0.3) is 17.1 Å². The number of ether oxygens (including phenoxy) is 1. The molecule has 0 atom stereocenters. The minimum Gasteiger partial charge on any atom is -0.489 e. The van der Waals surface area contributed by atoms with E-state index in [0.29, 0.717) is 11.8 Å². The van der Waals surface area contributed by atoms with Crippen LogP contribution in [0.3, 0.4) is 0 Å². The number of hydrazone groups is 1. The minimum absolute atomic E-state index is 0.135. The van der Waals surface area contributed by atoms with Gasteiger partial charge in [-0.3, -0.25) is 9.36 Å². The molecule has 8 heteroatoms. The normalized spacial score (nSPS) is 11.0. The first-order valence-electron chi connectivity index (χ1n) is 12.4. The highest BCUT2D eigenvalue weighted by molar-refractivity contribution is 7.99. The fourth-order valence-electron chi connectivity index (χ4n) is 3.83. The molecular formula is C31H27N5O2S. The predicted molar refractivity (Wildman–Crippen MR) is 155 cm³/mol. The molecule has 194 valence electrons. The van der Waals surface area contributed by atoms with Crippen molar-refractivity contribution in [3.05, 3.63) is 126 Å². The Balaban J connectivity index is 1.21. The van der Waals surface area contributed by atoms with Crippen LogP contribution in [0, 0.1) is 6.92 Å². The summed E-state index contributed by atoms with van der Waals surface area (Å²) in [6.07, 6.45) is 1.60. The SMILES string of the molecule is Cc1ccc(-c2nnc(SCC(=O)N/N=C\c3cccc(OCc4ccccc4)c3)n2-c2ccccc2)cc1. The van der Waals surface area contributed by atoms with Crippen molar-refractivity contribution in [2.24, 2.45) is 5.10 Å². The summed E-state index contributed by atoms with van der Waals surface area (Å²) in [6.45, 7) is 2.53. The van der Waals surface area contributed by atoms with Gasteiger partial charge in [0.25, 0.3) is 5.91 Å². The molecule has 7 nitrogen and oxygen atoms in total. The highest BCUT2D eigenvalue weighted by Crippen LogP contribution is 2.28. The van der Waals surface area contributed by atoms with E-state index in [9.17, 15) is 4.79 Å². The topological polar surface area (TPSA) is 81.4 Å². The number of carbonyl (C=O) groups is 1. The standard InChI is InChI=1S/C31H27N5O2S/c1-23-15-17-26(18-16-23)30-34-35-31(36(30)27-12-6-3-7-13-27)39-22-29(37)33-32-20-25-11-8-14-28(19-25)38-21-24-9-4-2-5-10-24/h2-20H,21-22H2,1H3,(H,33,37)/b32-20-. The predicted octanol–water partition coefficient (Wildman–Crippen LogP) is 6.06. The fraction of sp³-hybridized carbons (Fsp3) is 0.0968. The number of thioether (sulfide) groups is 1. The maximum atomic E-state index is 12.6. The molecule has 1 heterocycles. The summed E-state index contributed by atoms with van der Waals surface area (Å²) < 4.78 is 7.83. The number of nitrogens with zero attached hydrogens (tertiary/aromatic N) is 4. The molecule has 4 aromatic carbocycles. The number of hydrogen-bond acceptors (Lipinski definition) is 6. The molecule has 5 aromatic rings. The summed E-state index contributed by atoms with van der Waals surface area (Å²) >= 11 is 1.31. The lowest BCUT2D eigenvalue weighted by Crippen LogP contribution is -2.20. The van der Waals surface area contributed by atoms with Crippen LogP contribution >= 0.6 is 11.8 Å². The Morgan fingerprint density at radius 3 is 2.44 bits per heavy atom. The highest BCUT2D eigenvalue weighted by atomic mass is 32.2. The van der Waals surface area contributed by atoms with E-state index < -0.39 is 0 Å². The van der Waals surface area contributed by atoms with Gasteiger partial charge >= 0.3 is 0 Å². The van der Waals surface area contributed by atoms with E-state index in [1.807, 2.05) is 121 Å². The molecule has 0 saturated carbocycles. The van der Waals surface area contributed by atoms with E-state index in [-0.39, 0.29) is 11.7 Å². The van der Waals surface area contributed by atoms with E-state index in [4.69, 9.17) is 4.74 Å². The molecule has 0 aliphatic rings. The van der Waals surface area contributed by atoms with Crippen LogP contribution in [0.2, 0.25) is 0 Å². The van der Waals surface area contributed by atoms with Crippen molar-refractivity contribution >= 4 is 23.9 Å². The van der Waals surface area contributed by atoms with Gasteiger partial charge in [0.1, 0.15) is 12.4 Å². The number of aromatic nitrogens is 3. The molecule has 0 aliphatic carbocycles. The molecule has 0 aliphatic heterocycles. The monoisotopic (exact) mass is 533 g/mol. The summed E-state index contributed by atoms with van der Waals surface area (Å²) in [4.78, 5) is 12.6. The molecule has 1 N–H and O–H groups in total. The Kier molecular flexibility index (Phi) is 8.45. The molecule has 0 spiro atoms. The van der Waals surface area contributed by atoms with Gasteiger partial charge in [-0.25, -0.2) is 5.43 Å². The fourth-order valence-corrected chi connectivity index (χ4v) is 4.57. The Morgan fingerprint density at radius 2 is 1.67 bits per heavy atom. The first kappa shape index (κ1) is 25.9. The number of nitrogens with one attached hydrogen (secondary N) is 1. The lowest BCUT2D eigenvalue weighted by atomic mass is 10.1. The van der Waals surface area contributed by atoms with Gasteiger partial charge in [-0.2, -0.15) is 5.10 Å². The average molecular weight is 534 g/mol. The zero-order chi connectivity index (χ0) is 26.9. The van der Waals surface area contributed by atoms with Gasteiger partial charge < -0.3 is 4.74 Å².